The summed E-state index contributed by atoms with van der Waals surface area (Å²) in [6.07, 6.45) is 5.05. The van der Waals surface area contributed by atoms with Gasteiger partial charge in [0.05, 0.1) is 5.54 Å². The second-order valence-electron chi connectivity index (χ2n) is 5.77. The lowest BCUT2D eigenvalue weighted by Crippen LogP contribution is -2.39. The van der Waals surface area contributed by atoms with Crippen molar-refractivity contribution in [3.63, 3.8) is 0 Å². The van der Waals surface area contributed by atoms with Crippen LogP contribution in [0.4, 0.5) is 0 Å². The van der Waals surface area contributed by atoms with Gasteiger partial charge in [0, 0.05) is 5.92 Å². The molecule has 3 heteroatoms. The van der Waals surface area contributed by atoms with Crippen molar-refractivity contribution in [2.75, 3.05) is 0 Å². The van der Waals surface area contributed by atoms with Crippen LogP contribution in [0.2, 0.25) is 0 Å². The van der Waals surface area contributed by atoms with Crippen LogP contribution < -0.4 is 11.3 Å². The normalized spacial score (nSPS) is 29.0. The van der Waals surface area contributed by atoms with Gasteiger partial charge in [-0.15, -0.1) is 0 Å². The van der Waals surface area contributed by atoms with Crippen LogP contribution in [0.5, 0.6) is 0 Å². The highest BCUT2D eigenvalue weighted by molar-refractivity contribution is 5.84. The molecule has 0 unspecified atom stereocenters. The monoisotopic (exact) mass is 211 g/mol. The largest absolute Gasteiger partial charge is 0.312 e. The maximum absolute atomic E-state index is 5.56. The molecule has 1 fully saturated rings. The number of amidine groups is 1. The first-order valence-electron chi connectivity index (χ1n) is 5.98. The van der Waals surface area contributed by atoms with Gasteiger partial charge in [0.25, 0.3) is 0 Å². The fraction of sp³-hybridized carbons (Fsp3) is 0.917. The van der Waals surface area contributed by atoms with E-state index in [1.54, 1.807) is 0 Å². The Labute approximate surface area is 93.5 Å². The molecule has 0 atom stereocenters. The molecule has 1 rings (SSSR count). The smallest absolute Gasteiger partial charge is 0.114 e. The summed E-state index contributed by atoms with van der Waals surface area (Å²) in [5, 5.41) is 0. The zero-order chi connectivity index (χ0) is 11.5. The van der Waals surface area contributed by atoms with E-state index in [1.165, 1.54) is 25.7 Å². The lowest BCUT2D eigenvalue weighted by molar-refractivity contribution is 0.338. The Kier molecular flexibility index (Phi) is 4.14. The third-order valence-electron chi connectivity index (χ3n) is 3.01. The highest BCUT2D eigenvalue weighted by Crippen LogP contribution is 2.29. The molecular formula is C12H25N3. The molecule has 0 aromatic heterocycles. The maximum atomic E-state index is 5.56. The van der Waals surface area contributed by atoms with Crippen LogP contribution in [0.15, 0.2) is 4.99 Å². The Hall–Kier alpha value is -0.570. The van der Waals surface area contributed by atoms with Crippen molar-refractivity contribution in [3.8, 4) is 0 Å². The first kappa shape index (κ1) is 12.5. The van der Waals surface area contributed by atoms with Crippen molar-refractivity contribution in [2.45, 2.75) is 58.9 Å². The van der Waals surface area contributed by atoms with E-state index in [0.717, 1.165) is 11.8 Å². The third-order valence-corrected chi connectivity index (χ3v) is 3.01. The Balaban J connectivity index is 2.63. The average Bonchev–Trinajstić information content (AvgIpc) is 2.14. The quantitative estimate of drug-likeness (QED) is 0.303. The molecule has 0 heterocycles. The number of rotatable bonds is 1. The van der Waals surface area contributed by atoms with Crippen LogP contribution in [-0.4, -0.2) is 11.4 Å². The molecule has 0 aliphatic heterocycles. The molecule has 0 radical (unpaired) electrons. The number of nitrogens with two attached hydrogens (primary N) is 1. The molecule has 15 heavy (non-hydrogen) atoms. The minimum atomic E-state index is -0.0369. The predicted octanol–water partition coefficient (Wildman–Crippen LogP) is 2.47. The van der Waals surface area contributed by atoms with Gasteiger partial charge in [0.15, 0.2) is 0 Å². The van der Waals surface area contributed by atoms with E-state index in [2.05, 4.69) is 38.1 Å². The van der Waals surface area contributed by atoms with Crippen LogP contribution in [0.1, 0.15) is 53.4 Å². The summed E-state index contributed by atoms with van der Waals surface area (Å²) in [6.45, 7) is 8.65. The first-order chi connectivity index (χ1) is 6.92. The Morgan fingerprint density at radius 2 is 1.73 bits per heavy atom. The number of aliphatic imine (C=N–C) groups is 1. The minimum Gasteiger partial charge on any atom is -0.312 e. The molecule has 0 bridgehead atoms. The molecule has 0 aromatic carbocycles. The van der Waals surface area contributed by atoms with Gasteiger partial charge in [-0.1, -0.05) is 19.8 Å². The second-order valence-corrected chi connectivity index (χ2v) is 5.77. The minimum absolute atomic E-state index is 0.0369. The van der Waals surface area contributed by atoms with Crippen molar-refractivity contribution in [1.82, 2.24) is 5.43 Å². The highest BCUT2D eigenvalue weighted by Gasteiger charge is 2.23. The fourth-order valence-electron chi connectivity index (χ4n) is 2.14. The second kappa shape index (κ2) is 4.97. The van der Waals surface area contributed by atoms with E-state index < -0.39 is 0 Å². The van der Waals surface area contributed by atoms with E-state index in [0.29, 0.717) is 5.92 Å². The lowest BCUT2D eigenvalue weighted by atomic mass is 9.82. The van der Waals surface area contributed by atoms with E-state index in [4.69, 9.17) is 5.84 Å². The molecule has 1 saturated carbocycles. The van der Waals surface area contributed by atoms with Crippen molar-refractivity contribution in [1.29, 1.82) is 0 Å². The van der Waals surface area contributed by atoms with E-state index in [9.17, 15) is 0 Å². The maximum Gasteiger partial charge on any atom is 0.114 e. The summed E-state index contributed by atoms with van der Waals surface area (Å²) in [7, 11) is 0. The van der Waals surface area contributed by atoms with Crippen molar-refractivity contribution in [2.24, 2.45) is 22.7 Å². The van der Waals surface area contributed by atoms with Gasteiger partial charge < -0.3 is 5.43 Å². The number of hydrazine groups is 1. The molecule has 0 amide bonds. The Bertz CT molecular complexity index is 220. The molecule has 0 spiro atoms. The van der Waals surface area contributed by atoms with Crippen molar-refractivity contribution >= 4 is 5.84 Å². The summed E-state index contributed by atoms with van der Waals surface area (Å²) in [5.74, 6) is 7.98. The van der Waals surface area contributed by atoms with Crippen molar-refractivity contribution in [3.05, 3.63) is 0 Å². The van der Waals surface area contributed by atoms with Crippen LogP contribution in [0.3, 0.4) is 0 Å². The molecular weight excluding hydrogens is 186 g/mol. The summed E-state index contributed by atoms with van der Waals surface area (Å²) in [4.78, 5) is 4.66. The topological polar surface area (TPSA) is 50.4 Å². The SMILES string of the molecule is CC1CCC(C(=NC(C)(C)C)NN)CC1. The predicted molar refractivity (Wildman–Crippen MR) is 65.6 cm³/mol. The lowest BCUT2D eigenvalue weighted by Gasteiger charge is -2.28. The summed E-state index contributed by atoms with van der Waals surface area (Å²) in [5.41, 5.74) is 2.76. The van der Waals surface area contributed by atoms with Gasteiger partial charge in [0.1, 0.15) is 5.84 Å². The van der Waals surface area contributed by atoms with Gasteiger partial charge in [-0.3, -0.25) is 4.99 Å². The zero-order valence-corrected chi connectivity index (χ0v) is 10.5. The summed E-state index contributed by atoms with van der Waals surface area (Å²) >= 11 is 0. The molecule has 3 nitrogen and oxygen atoms in total. The number of nitrogens with one attached hydrogen (secondary N) is 1. The van der Waals surface area contributed by atoms with Crippen molar-refractivity contribution < 1.29 is 0 Å². The highest BCUT2D eigenvalue weighted by atomic mass is 15.3. The van der Waals surface area contributed by atoms with E-state index in [-0.39, 0.29) is 5.54 Å². The van der Waals surface area contributed by atoms with Crippen LogP contribution in [0.25, 0.3) is 0 Å². The molecule has 1 aliphatic carbocycles. The van der Waals surface area contributed by atoms with Gasteiger partial charge in [0.2, 0.25) is 0 Å². The molecule has 1 aliphatic rings. The summed E-state index contributed by atoms with van der Waals surface area (Å²) < 4.78 is 0. The Morgan fingerprint density at radius 1 is 1.20 bits per heavy atom. The number of nitrogens with zero attached hydrogens (tertiary/aromatic N) is 1. The van der Waals surface area contributed by atoms with Gasteiger partial charge in [-0.25, -0.2) is 5.84 Å². The number of hydrogen-bond acceptors (Lipinski definition) is 2. The molecule has 0 aromatic rings. The number of hydrogen-bond donors (Lipinski definition) is 2. The zero-order valence-electron chi connectivity index (χ0n) is 10.5. The third kappa shape index (κ3) is 4.20. The van der Waals surface area contributed by atoms with Crippen LogP contribution in [0, 0.1) is 11.8 Å². The Morgan fingerprint density at radius 3 is 2.13 bits per heavy atom. The fourth-order valence-corrected chi connectivity index (χ4v) is 2.14. The van der Waals surface area contributed by atoms with E-state index in [1.807, 2.05) is 0 Å². The van der Waals surface area contributed by atoms with Crippen LogP contribution in [-0.2, 0) is 0 Å². The average molecular weight is 211 g/mol. The standard InChI is InChI=1S/C12H25N3/c1-9-5-7-10(8-6-9)11(15-13)14-12(2,3)4/h9-10H,5-8,13H2,1-4H3,(H,14,15). The first-order valence-corrected chi connectivity index (χ1v) is 5.98. The molecule has 88 valence electrons. The summed E-state index contributed by atoms with van der Waals surface area (Å²) in [6, 6.07) is 0. The molecule has 3 N–H and O–H groups in total. The van der Waals surface area contributed by atoms with Gasteiger partial charge in [-0.05, 0) is 39.5 Å². The van der Waals surface area contributed by atoms with E-state index >= 15 is 0 Å². The molecule has 0 saturated heterocycles. The van der Waals surface area contributed by atoms with Crippen LogP contribution >= 0.6 is 0 Å². The van der Waals surface area contributed by atoms with Gasteiger partial charge in [-0.2, -0.15) is 0 Å². The van der Waals surface area contributed by atoms with Gasteiger partial charge >= 0.3 is 0 Å².